The Kier molecular flexibility index (Phi) is 4.78. The number of carbonyl (C=O) groups is 2. The van der Waals surface area contributed by atoms with Gasteiger partial charge in [-0.25, -0.2) is 4.79 Å². The number of carbonyl (C=O) groups excluding carboxylic acids is 2. The van der Waals surface area contributed by atoms with Crippen LogP contribution in [0.15, 0.2) is 42.5 Å². The van der Waals surface area contributed by atoms with Crippen molar-refractivity contribution in [1.82, 2.24) is 4.90 Å². The molecule has 6 heteroatoms. The van der Waals surface area contributed by atoms with Crippen LogP contribution in [0.4, 0.5) is 0 Å². The minimum absolute atomic E-state index is 0.0724. The maximum absolute atomic E-state index is 12.6. The first kappa shape index (κ1) is 16.8. The van der Waals surface area contributed by atoms with Crippen molar-refractivity contribution in [1.29, 1.82) is 0 Å². The summed E-state index contributed by atoms with van der Waals surface area (Å²) in [5.41, 5.74) is 1.66. The topological polar surface area (TPSA) is 46.6 Å². The van der Waals surface area contributed by atoms with Gasteiger partial charge in [0.25, 0.3) is 5.91 Å². The van der Waals surface area contributed by atoms with Gasteiger partial charge in [0.15, 0.2) is 0 Å². The van der Waals surface area contributed by atoms with Crippen LogP contribution in [0.5, 0.6) is 0 Å². The molecule has 0 saturated carbocycles. The van der Waals surface area contributed by atoms with Crippen molar-refractivity contribution in [3.63, 3.8) is 0 Å². The summed E-state index contributed by atoms with van der Waals surface area (Å²) in [6.07, 6.45) is 0. The lowest BCUT2D eigenvalue weighted by atomic mass is 9.91. The predicted molar refractivity (Wildman–Crippen MR) is 92.9 cm³/mol. The smallest absolute Gasteiger partial charge is 0.340 e. The molecular formula is C18H15Cl2NO3. The van der Waals surface area contributed by atoms with E-state index < -0.39 is 5.97 Å². The van der Waals surface area contributed by atoms with E-state index in [4.69, 9.17) is 23.2 Å². The first-order valence-electron chi connectivity index (χ1n) is 7.43. The van der Waals surface area contributed by atoms with Crippen molar-refractivity contribution in [2.45, 2.75) is 5.92 Å². The van der Waals surface area contributed by atoms with Crippen LogP contribution < -0.4 is 0 Å². The van der Waals surface area contributed by atoms with Crippen LogP contribution in [0.1, 0.15) is 32.2 Å². The highest BCUT2D eigenvalue weighted by Crippen LogP contribution is 2.31. The standard InChI is InChI=1S/C18H15Cl2NO3/c1-24-18(23)16-14(19)7-12(8-15(16)20)17(22)21-9-13(10-21)11-5-3-2-4-6-11/h2-8,13H,9-10H2,1H3. The van der Waals surface area contributed by atoms with Crippen LogP contribution in [0.25, 0.3) is 0 Å². The molecule has 0 N–H and O–H groups in total. The molecule has 0 radical (unpaired) electrons. The molecule has 0 spiro atoms. The second-order valence-electron chi connectivity index (χ2n) is 5.62. The summed E-state index contributed by atoms with van der Waals surface area (Å²) in [5.74, 6) is -0.435. The van der Waals surface area contributed by atoms with Crippen LogP contribution >= 0.6 is 23.2 Å². The molecule has 3 rings (SSSR count). The highest BCUT2D eigenvalue weighted by Gasteiger charge is 2.32. The molecule has 0 bridgehead atoms. The number of benzene rings is 2. The summed E-state index contributed by atoms with van der Waals surface area (Å²) < 4.78 is 4.64. The largest absolute Gasteiger partial charge is 0.465 e. The van der Waals surface area contributed by atoms with E-state index >= 15 is 0 Å². The molecule has 4 nitrogen and oxygen atoms in total. The van der Waals surface area contributed by atoms with Gasteiger partial charge in [0, 0.05) is 24.6 Å². The molecular weight excluding hydrogens is 349 g/mol. The average molecular weight is 364 g/mol. The number of likely N-dealkylation sites (tertiary alicyclic amines) is 1. The maximum atomic E-state index is 12.6. The molecule has 24 heavy (non-hydrogen) atoms. The third-order valence-electron chi connectivity index (χ3n) is 4.12. The normalized spacial score (nSPS) is 14.2. The number of hydrogen-bond donors (Lipinski definition) is 0. The minimum atomic E-state index is -0.628. The third kappa shape index (κ3) is 3.12. The molecule has 0 atom stereocenters. The Labute approximate surface area is 149 Å². The van der Waals surface area contributed by atoms with E-state index in [1.165, 1.54) is 24.8 Å². The zero-order valence-electron chi connectivity index (χ0n) is 13.0. The van der Waals surface area contributed by atoms with Crippen LogP contribution in [-0.4, -0.2) is 37.0 Å². The van der Waals surface area contributed by atoms with Crippen LogP contribution in [-0.2, 0) is 4.74 Å². The zero-order valence-corrected chi connectivity index (χ0v) is 14.5. The molecule has 0 unspecified atom stereocenters. The number of nitrogens with zero attached hydrogens (tertiary/aromatic N) is 1. The van der Waals surface area contributed by atoms with Gasteiger partial charge in [-0.1, -0.05) is 53.5 Å². The lowest BCUT2D eigenvalue weighted by molar-refractivity contribution is 0.0589. The predicted octanol–water partition coefficient (Wildman–Crippen LogP) is 4.02. The average Bonchev–Trinajstić information content (AvgIpc) is 2.53. The number of hydrogen-bond acceptors (Lipinski definition) is 3. The van der Waals surface area contributed by atoms with Crippen molar-refractivity contribution < 1.29 is 14.3 Å². The van der Waals surface area contributed by atoms with E-state index in [9.17, 15) is 9.59 Å². The van der Waals surface area contributed by atoms with Gasteiger partial charge in [-0.05, 0) is 17.7 Å². The quantitative estimate of drug-likeness (QED) is 0.773. The molecule has 1 amide bonds. The monoisotopic (exact) mass is 363 g/mol. The highest BCUT2D eigenvalue weighted by molar-refractivity contribution is 6.39. The van der Waals surface area contributed by atoms with E-state index in [1.807, 2.05) is 18.2 Å². The van der Waals surface area contributed by atoms with Gasteiger partial charge < -0.3 is 9.64 Å². The maximum Gasteiger partial charge on any atom is 0.340 e. The summed E-state index contributed by atoms with van der Waals surface area (Å²) in [5, 5.41) is 0.218. The summed E-state index contributed by atoms with van der Waals surface area (Å²) in [7, 11) is 1.25. The molecule has 1 fully saturated rings. The van der Waals surface area contributed by atoms with Crippen LogP contribution in [0.2, 0.25) is 10.0 Å². The van der Waals surface area contributed by atoms with Crippen molar-refractivity contribution in [3.05, 3.63) is 69.2 Å². The van der Waals surface area contributed by atoms with Gasteiger partial charge >= 0.3 is 5.97 Å². The van der Waals surface area contributed by atoms with Gasteiger partial charge in [0.05, 0.1) is 22.7 Å². The van der Waals surface area contributed by atoms with Gasteiger partial charge in [0.1, 0.15) is 0 Å². The Bertz CT molecular complexity index is 763. The molecule has 2 aromatic rings. The Morgan fingerprint density at radius 1 is 1.08 bits per heavy atom. The van der Waals surface area contributed by atoms with E-state index in [2.05, 4.69) is 16.9 Å². The number of esters is 1. The highest BCUT2D eigenvalue weighted by atomic mass is 35.5. The van der Waals surface area contributed by atoms with E-state index in [0.717, 1.165) is 0 Å². The Hall–Kier alpha value is -2.04. The summed E-state index contributed by atoms with van der Waals surface area (Å²) in [6, 6.07) is 13.0. The van der Waals surface area contributed by atoms with Crippen LogP contribution in [0.3, 0.4) is 0 Å². The number of halogens is 2. The van der Waals surface area contributed by atoms with Crippen molar-refractivity contribution in [3.8, 4) is 0 Å². The van der Waals surface area contributed by atoms with Crippen molar-refractivity contribution in [2.75, 3.05) is 20.2 Å². The summed E-state index contributed by atoms with van der Waals surface area (Å²) >= 11 is 12.2. The minimum Gasteiger partial charge on any atom is -0.465 e. The SMILES string of the molecule is COC(=O)c1c(Cl)cc(C(=O)N2CC(c3ccccc3)C2)cc1Cl. The van der Waals surface area contributed by atoms with Gasteiger partial charge in [-0.2, -0.15) is 0 Å². The van der Waals surface area contributed by atoms with Crippen molar-refractivity contribution in [2.24, 2.45) is 0 Å². The first-order chi connectivity index (χ1) is 11.5. The molecule has 1 aliphatic rings. The molecule has 124 valence electrons. The second kappa shape index (κ2) is 6.83. The lowest BCUT2D eigenvalue weighted by Gasteiger charge is -2.39. The van der Waals surface area contributed by atoms with Crippen molar-refractivity contribution >= 4 is 35.1 Å². The number of ether oxygens (including phenoxy) is 1. The van der Waals surface area contributed by atoms with E-state index in [-0.39, 0.29) is 21.5 Å². The van der Waals surface area contributed by atoms with E-state index in [0.29, 0.717) is 24.6 Å². The first-order valence-corrected chi connectivity index (χ1v) is 8.18. The molecule has 1 heterocycles. The van der Waals surface area contributed by atoms with Gasteiger partial charge in [-0.3, -0.25) is 4.79 Å². The molecule has 0 aliphatic carbocycles. The fourth-order valence-corrected chi connectivity index (χ4v) is 3.40. The lowest BCUT2D eigenvalue weighted by Crippen LogP contribution is -2.48. The number of rotatable bonds is 3. The second-order valence-corrected chi connectivity index (χ2v) is 6.44. The molecule has 2 aromatic carbocycles. The Balaban J connectivity index is 1.74. The van der Waals surface area contributed by atoms with Gasteiger partial charge in [-0.15, -0.1) is 0 Å². The third-order valence-corrected chi connectivity index (χ3v) is 4.71. The summed E-state index contributed by atoms with van der Waals surface area (Å²) in [4.78, 5) is 25.9. The van der Waals surface area contributed by atoms with Gasteiger partial charge in [0.2, 0.25) is 0 Å². The van der Waals surface area contributed by atoms with Crippen LogP contribution in [0, 0.1) is 0 Å². The fraction of sp³-hybridized carbons (Fsp3) is 0.222. The Morgan fingerprint density at radius 2 is 1.67 bits per heavy atom. The Morgan fingerprint density at radius 3 is 2.21 bits per heavy atom. The molecule has 1 saturated heterocycles. The fourth-order valence-electron chi connectivity index (χ4n) is 2.76. The zero-order chi connectivity index (χ0) is 17.3. The number of methoxy groups -OCH3 is 1. The molecule has 0 aromatic heterocycles. The summed E-state index contributed by atoms with van der Waals surface area (Å²) in [6.45, 7) is 1.30. The molecule has 1 aliphatic heterocycles. The number of amides is 1. The van der Waals surface area contributed by atoms with E-state index in [1.54, 1.807) is 4.90 Å².